The van der Waals surface area contributed by atoms with E-state index in [1.807, 2.05) is 65.4 Å². The van der Waals surface area contributed by atoms with Crippen molar-refractivity contribution < 1.29 is 0 Å². The Morgan fingerprint density at radius 2 is 1.94 bits per heavy atom. The van der Waals surface area contributed by atoms with E-state index >= 15 is 0 Å². The number of thioether (sulfide) groups is 1. The van der Waals surface area contributed by atoms with Crippen molar-refractivity contribution in [1.82, 2.24) is 24.1 Å². The number of nitrogens with zero attached hydrogens (tertiary/aromatic N) is 5. The van der Waals surface area contributed by atoms with E-state index in [9.17, 15) is 4.79 Å². The lowest BCUT2D eigenvalue weighted by Gasteiger charge is -2.10. The molecule has 0 saturated heterocycles. The molecule has 0 N–H and O–H groups in total. The molecular weight excluding hydrogens is 450 g/mol. The number of aromatic nitrogens is 5. The summed E-state index contributed by atoms with van der Waals surface area (Å²) in [5, 5.41) is 12.2. The normalized spacial score (nSPS) is 11.3. The van der Waals surface area contributed by atoms with Crippen LogP contribution in [0.3, 0.4) is 0 Å². The summed E-state index contributed by atoms with van der Waals surface area (Å²) in [5.41, 5.74) is 3.16. The molecule has 0 spiro atoms. The smallest absolute Gasteiger partial charge is 0.258 e. The van der Waals surface area contributed by atoms with Crippen LogP contribution in [0.4, 0.5) is 0 Å². The van der Waals surface area contributed by atoms with Crippen LogP contribution in [-0.2, 0) is 5.75 Å². The molecule has 1 aromatic carbocycles. The Balaban J connectivity index is 1.51. The monoisotopic (exact) mass is 465 g/mol. The number of rotatable bonds is 5. The second-order valence-electron chi connectivity index (χ2n) is 6.90. The molecule has 9 heteroatoms. The second kappa shape index (κ2) is 8.30. The number of fused-ring (bicyclic) bond motifs is 1. The van der Waals surface area contributed by atoms with Crippen LogP contribution in [0, 0.1) is 6.92 Å². The molecule has 0 amide bonds. The zero-order valence-corrected chi connectivity index (χ0v) is 18.8. The Kier molecular flexibility index (Phi) is 5.35. The van der Waals surface area contributed by atoms with Gasteiger partial charge in [-0.05, 0) is 54.3 Å². The van der Waals surface area contributed by atoms with Crippen molar-refractivity contribution in [1.29, 1.82) is 0 Å². The Morgan fingerprint density at radius 3 is 2.71 bits per heavy atom. The van der Waals surface area contributed by atoms with E-state index in [0.29, 0.717) is 22.1 Å². The first-order valence-electron chi connectivity index (χ1n) is 9.45. The standard InChI is InChI=1S/C22H16ClN5OS2/c1-14-4-9-19-24-16(11-20(29)27(19)12-14)13-31-22-26-25-21(18-3-2-10-30-18)28(22)17-7-5-15(23)6-8-17/h2-12H,13H2,1H3. The molecule has 0 aliphatic heterocycles. The van der Waals surface area contributed by atoms with Crippen LogP contribution < -0.4 is 5.56 Å². The van der Waals surface area contributed by atoms with Crippen molar-refractivity contribution in [2.24, 2.45) is 0 Å². The van der Waals surface area contributed by atoms with E-state index in [1.165, 1.54) is 11.8 Å². The van der Waals surface area contributed by atoms with Crippen molar-refractivity contribution in [3.63, 3.8) is 0 Å². The third-order valence-corrected chi connectivity index (χ3v) is 6.75. The first kappa shape index (κ1) is 20.0. The fourth-order valence-corrected chi connectivity index (χ4v) is 4.89. The summed E-state index contributed by atoms with van der Waals surface area (Å²) < 4.78 is 3.57. The van der Waals surface area contributed by atoms with Crippen LogP contribution in [0.2, 0.25) is 5.02 Å². The minimum absolute atomic E-state index is 0.0947. The van der Waals surface area contributed by atoms with Crippen molar-refractivity contribution in [2.45, 2.75) is 17.8 Å². The van der Waals surface area contributed by atoms with Crippen molar-refractivity contribution in [3.8, 4) is 16.4 Å². The van der Waals surface area contributed by atoms with Crippen LogP contribution in [-0.4, -0.2) is 24.1 Å². The minimum atomic E-state index is -0.0947. The summed E-state index contributed by atoms with van der Waals surface area (Å²) in [6.07, 6.45) is 1.80. The number of aryl methyl sites for hydroxylation is 1. The van der Waals surface area contributed by atoms with Gasteiger partial charge in [0.1, 0.15) is 5.65 Å². The number of benzene rings is 1. The average Bonchev–Trinajstić information content (AvgIpc) is 3.43. The van der Waals surface area contributed by atoms with Crippen LogP contribution >= 0.6 is 34.7 Å². The Hall–Kier alpha value is -2.94. The second-order valence-corrected chi connectivity index (χ2v) is 9.23. The Labute approximate surface area is 191 Å². The van der Waals surface area contributed by atoms with E-state index in [2.05, 4.69) is 15.2 Å². The number of hydrogen-bond acceptors (Lipinski definition) is 6. The molecule has 0 saturated carbocycles. The van der Waals surface area contributed by atoms with E-state index in [1.54, 1.807) is 28.0 Å². The van der Waals surface area contributed by atoms with Gasteiger partial charge in [0.05, 0.1) is 10.6 Å². The summed E-state index contributed by atoms with van der Waals surface area (Å²) in [4.78, 5) is 18.2. The zero-order valence-electron chi connectivity index (χ0n) is 16.4. The highest BCUT2D eigenvalue weighted by Gasteiger charge is 2.17. The maximum absolute atomic E-state index is 12.5. The summed E-state index contributed by atoms with van der Waals surface area (Å²) in [6.45, 7) is 1.95. The summed E-state index contributed by atoms with van der Waals surface area (Å²) in [6, 6.07) is 17.0. The first-order valence-corrected chi connectivity index (χ1v) is 11.7. The lowest BCUT2D eigenvalue weighted by molar-refractivity contribution is 0.885. The summed E-state index contributed by atoms with van der Waals surface area (Å²) in [7, 11) is 0. The number of halogens is 1. The maximum atomic E-state index is 12.5. The van der Waals surface area contributed by atoms with E-state index in [4.69, 9.17) is 11.6 Å². The maximum Gasteiger partial charge on any atom is 0.258 e. The third kappa shape index (κ3) is 4.01. The summed E-state index contributed by atoms with van der Waals surface area (Å²) in [5.74, 6) is 1.26. The van der Waals surface area contributed by atoms with Crippen LogP contribution in [0.25, 0.3) is 22.0 Å². The van der Waals surface area contributed by atoms with Crippen LogP contribution in [0.1, 0.15) is 11.3 Å². The molecule has 0 atom stereocenters. The molecule has 4 aromatic heterocycles. The molecule has 0 bridgehead atoms. The highest BCUT2D eigenvalue weighted by molar-refractivity contribution is 7.98. The molecule has 5 aromatic rings. The van der Waals surface area contributed by atoms with Gasteiger partial charge in [-0.1, -0.05) is 35.5 Å². The molecule has 6 nitrogen and oxygen atoms in total. The van der Waals surface area contributed by atoms with Gasteiger partial charge in [-0.25, -0.2) is 4.98 Å². The quantitative estimate of drug-likeness (QED) is 0.331. The lowest BCUT2D eigenvalue weighted by atomic mass is 10.3. The van der Waals surface area contributed by atoms with Crippen molar-refractivity contribution in [3.05, 3.63) is 92.8 Å². The number of pyridine rings is 1. The van der Waals surface area contributed by atoms with Gasteiger partial charge in [-0.2, -0.15) is 0 Å². The lowest BCUT2D eigenvalue weighted by Crippen LogP contribution is -2.15. The van der Waals surface area contributed by atoms with Gasteiger partial charge in [-0.15, -0.1) is 21.5 Å². The molecular formula is C22H16ClN5OS2. The highest BCUT2D eigenvalue weighted by Crippen LogP contribution is 2.31. The predicted molar refractivity (Wildman–Crippen MR) is 125 cm³/mol. The molecule has 0 aliphatic rings. The van der Waals surface area contributed by atoms with Gasteiger partial charge in [0, 0.05) is 28.7 Å². The highest BCUT2D eigenvalue weighted by atomic mass is 35.5. The van der Waals surface area contributed by atoms with Gasteiger partial charge in [0.25, 0.3) is 5.56 Å². The SMILES string of the molecule is Cc1ccc2nc(CSc3nnc(-c4cccs4)n3-c3ccc(Cl)cc3)cc(=O)n2c1. The van der Waals surface area contributed by atoms with Crippen molar-refractivity contribution >= 4 is 40.3 Å². The van der Waals surface area contributed by atoms with E-state index in [0.717, 1.165) is 27.1 Å². The molecule has 5 rings (SSSR count). The van der Waals surface area contributed by atoms with Crippen molar-refractivity contribution in [2.75, 3.05) is 0 Å². The van der Waals surface area contributed by atoms with Gasteiger partial charge in [0.15, 0.2) is 11.0 Å². The Bertz CT molecular complexity index is 1430. The molecule has 0 aliphatic carbocycles. The molecule has 0 radical (unpaired) electrons. The average molecular weight is 466 g/mol. The first-order chi connectivity index (χ1) is 15.1. The largest absolute Gasteiger partial charge is 0.269 e. The molecule has 154 valence electrons. The van der Waals surface area contributed by atoms with E-state index in [-0.39, 0.29) is 5.56 Å². The van der Waals surface area contributed by atoms with Crippen LogP contribution in [0.15, 0.2) is 76.1 Å². The summed E-state index contributed by atoms with van der Waals surface area (Å²) >= 11 is 9.18. The molecule has 4 heterocycles. The number of thiophene rings is 1. The molecule has 0 fully saturated rings. The van der Waals surface area contributed by atoms with Gasteiger partial charge in [0.2, 0.25) is 0 Å². The predicted octanol–water partition coefficient (Wildman–Crippen LogP) is 5.26. The molecule has 0 unspecified atom stereocenters. The fraction of sp³-hybridized carbons (Fsp3) is 0.0909. The topological polar surface area (TPSA) is 65.1 Å². The van der Waals surface area contributed by atoms with Crippen LogP contribution in [0.5, 0.6) is 0 Å². The van der Waals surface area contributed by atoms with Gasteiger partial charge < -0.3 is 0 Å². The van der Waals surface area contributed by atoms with E-state index < -0.39 is 0 Å². The Morgan fingerprint density at radius 1 is 1.10 bits per heavy atom. The third-order valence-electron chi connectivity index (χ3n) is 4.67. The van der Waals surface area contributed by atoms with Gasteiger partial charge >= 0.3 is 0 Å². The molecule has 31 heavy (non-hydrogen) atoms. The number of hydrogen-bond donors (Lipinski definition) is 0. The zero-order chi connectivity index (χ0) is 21.4. The van der Waals surface area contributed by atoms with Gasteiger partial charge in [-0.3, -0.25) is 13.8 Å². The minimum Gasteiger partial charge on any atom is -0.269 e. The fourth-order valence-electron chi connectivity index (χ4n) is 3.22.